The van der Waals surface area contributed by atoms with Crippen LogP contribution in [0.4, 0.5) is 13.2 Å². The van der Waals surface area contributed by atoms with E-state index in [2.05, 4.69) is 10.3 Å². The maximum Gasteiger partial charge on any atom is 0.416 e. The van der Waals surface area contributed by atoms with E-state index in [-0.39, 0.29) is 17.6 Å². The molecule has 3 nitrogen and oxygen atoms in total. The number of likely N-dealkylation sites (N-methyl/N-ethyl adjacent to an activating group) is 1. The standard InChI is InChI=1S/C14H19F3N2O/c1-3-19-12(13-9(2)5-7-20-13)10-8-18-6-4-11(10)14(15,16)17/h4,6,8-9,12-13,19H,3,5,7H2,1-2H3. The minimum Gasteiger partial charge on any atom is -0.376 e. The summed E-state index contributed by atoms with van der Waals surface area (Å²) in [5.74, 6) is 0.223. The summed E-state index contributed by atoms with van der Waals surface area (Å²) in [6.07, 6.45) is -1.29. The highest BCUT2D eigenvalue weighted by molar-refractivity contribution is 5.30. The summed E-state index contributed by atoms with van der Waals surface area (Å²) in [5.41, 5.74) is -0.471. The van der Waals surface area contributed by atoms with Gasteiger partial charge >= 0.3 is 6.18 Å². The number of rotatable bonds is 4. The molecule has 3 unspecified atom stereocenters. The van der Waals surface area contributed by atoms with E-state index in [1.807, 2.05) is 13.8 Å². The molecule has 0 radical (unpaired) electrons. The van der Waals surface area contributed by atoms with Gasteiger partial charge in [0.05, 0.1) is 17.7 Å². The van der Waals surface area contributed by atoms with Crippen molar-refractivity contribution in [1.82, 2.24) is 10.3 Å². The van der Waals surface area contributed by atoms with Gasteiger partial charge in [0, 0.05) is 24.6 Å². The van der Waals surface area contributed by atoms with E-state index in [0.29, 0.717) is 13.2 Å². The zero-order valence-corrected chi connectivity index (χ0v) is 11.6. The van der Waals surface area contributed by atoms with Crippen LogP contribution in [0.3, 0.4) is 0 Å². The average molecular weight is 288 g/mol. The fourth-order valence-electron chi connectivity index (χ4n) is 2.68. The third kappa shape index (κ3) is 3.12. The van der Waals surface area contributed by atoms with Gasteiger partial charge in [0.2, 0.25) is 0 Å². The molecule has 1 N–H and O–H groups in total. The molecule has 20 heavy (non-hydrogen) atoms. The molecular weight excluding hydrogens is 269 g/mol. The summed E-state index contributed by atoms with van der Waals surface area (Å²) >= 11 is 0. The molecule has 2 heterocycles. The second-order valence-electron chi connectivity index (χ2n) is 5.10. The molecule has 1 aliphatic heterocycles. The summed E-state index contributed by atoms with van der Waals surface area (Å²) < 4.78 is 45.1. The van der Waals surface area contributed by atoms with Crippen molar-refractivity contribution in [1.29, 1.82) is 0 Å². The molecule has 1 saturated heterocycles. The van der Waals surface area contributed by atoms with E-state index in [1.165, 1.54) is 12.4 Å². The maximum atomic E-state index is 13.1. The number of alkyl halides is 3. The molecule has 1 aliphatic rings. The van der Waals surface area contributed by atoms with Crippen LogP contribution in [0.1, 0.15) is 37.4 Å². The van der Waals surface area contributed by atoms with Gasteiger partial charge in [0.25, 0.3) is 0 Å². The van der Waals surface area contributed by atoms with Crippen LogP contribution in [-0.4, -0.2) is 24.2 Å². The Morgan fingerprint density at radius 1 is 1.50 bits per heavy atom. The Labute approximate surface area is 116 Å². The predicted molar refractivity (Wildman–Crippen MR) is 69.2 cm³/mol. The first kappa shape index (κ1) is 15.3. The SMILES string of the molecule is CCNC(c1cnccc1C(F)(F)F)C1OCCC1C. The monoisotopic (exact) mass is 288 g/mol. The summed E-state index contributed by atoms with van der Waals surface area (Å²) in [4.78, 5) is 3.86. The van der Waals surface area contributed by atoms with Gasteiger partial charge in [-0.15, -0.1) is 0 Å². The van der Waals surface area contributed by atoms with Crippen LogP contribution >= 0.6 is 0 Å². The first-order valence-corrected chi connectivity index (χ1v) is 6.81. The van der Waals surface area contributed by atoms with Crippen molar-refractivity contribution in [3.05, 3.63) is 29.6 Å². The van der Waals surface area contributed by atoms with Gasteiger partial charge in [-0.2, -0.15) is 13.2 Å². The lowest BCUT2D eigenvalue weighted by molar-refractivity contribution is -0.138. The molecule has 3 atom stereocenters. The lowest BCUT2D eigenvalue weighted by atomic mass is 9.90. The van der Waals surface area contributed by atoms with E-state index in [0.717, 1.165) is 12.5 Å². The van der Waals surface area contributed by atoms with E-state index in [9.17, 15) is 13.2 Å². The minimum atomic E-state index is -4.38. The Kier molecular flexibility index (Phi) is 4.65. The largest absolute Gasteiger partial charge is 0.416 e. The highest BCUT2D eigenvalue weighted by atomic mass is 19.4. The fraction of sp³-hybridized carbons (Fsp3) is 0.643. The minimum absolute atomic E-state index is 0.167. The molecule has 6 heteroatoms. The third-order valence-corrected chi connectivity index (χ3v) is 3.69. The fourth-order valence-corrected chi connectivity index (χ4v) is 2.68. The summed E-state index contributed by atoms with van der Waals surface area (Å²) in [5, 5.41) is 3.12. The van der Waals surface area contributed by atoms with Gasteiger partial charge in [-0.3, -0.25) is 4.98 Å². The number of nitrogens with zero attached hydrogens (tertiary/aromatic N) is 1. The van der Waals surface area contributed by atoms with E-state index >= 15 is 0 Å². The van der Waals surface area contributed by atoms with Gasteiger partial charge in [0.1, 0.15) is 0 Å². The molecule has 0 saturated carbocycles. The predicted octanol–water partition coefficient (Wildman–Crippen LogP) is 3.18. The van der Waals surface area contributed by atoms with Crippen LogP contribution in [0.2, 0.25) is 0 Å². The molecule has 0 aliphatic carbocycles. The first-order valence-electron chi connectivity index (χ1n) is 6.81. The van der Waals surface area contributed by atoms with Crippen LogP contribution < -0.4 is 5.32 Å². The van der Waals surface area contributed by atoms with Crippen molar-refractivity contribution in [3.63, 3.8) is 0 Å². The van der Waals surface area contributed by atoms with E-state index in [4.69, 9.17) is 4.74 Å². The maximum absolute atomic E-state index is 13.1. The number of halogens is 3. The Morgan fingerprint density at radius 2 is 2.25 bits per heavy atom. The number of hydrogen-bond acceptors (Lipinski definition) is 3. The molecule has 1 aromatic heterocycles. The van der Waals surface area contributed by atoms with Crippen molar-refractivity contribution in [2.75, 3.05) is 13.2 Å². The average Bonchev–Trinajstić information content (AvgIpc) is 2.81. The van der Waals surface area contributed by atoms with Gasteiger partial charge in [-0.05, 0) is 24.9 Å². The smallest absolute Gasteiger partial charge is 0.376 e. The van der Waals surface area contributed by atoms with Crippen molar-refractivity contribution in [2.45, 2.75) is 38.6 Å². The van der Waals surface area contributed by atoms with E-state index < -0.39 is 17.8 Å². The van der Waals surface area contributed by atoms with Crippen molar-refractivity contribution in [3.8, 4) is 0 Å². The molecule has 0 bridgehead atoms. The van der Waals surface area contributed by atoms with Crippen LogP contribution in [0.5, 0.6) is 0 Å². The van der Waals surface area contributed by atoms with Gasteiger partial charge in [-0.25, -0.2) is 0 Å². The zero-order valence-electron chi connectivity index (χ0n) is 11.6. The highest BCUT2D eigenvalue weighted by Gasteiger charge is 2.39. The van der Waals surface area contributed by atoms with Crippen LogP contribution in [0.25, 0.3) is 0 Å². The normalized spacial score (nSPS) is 24.9. The van der Waals surface area contributed by atoms with E-state index in [1.54, 1.807) is 0 Å². The number of pyridine rings is 1. The molecule has 0 aromatic carbocycles. The zero-order chi connectivity index (χ0) is 14.8. The first-order chi connectivity index (χ1) is 9.45. The Morgan fingerprint density at radius 3 is 2.80 bits per heavy atom. The third-order valence-electron chi connectivity index (χ3n) is 3.69. The molecule has 1 aromatic rings. The number of hydrogen-bond donors (Lipinski definition) is 1. The quantitative estimate of drug-likeness (QED) is 0.924. The molecule has 112 valence electrons. The molecule has 1 fully saturated rings. The number of ether oxygens (including phenoxy) is 1. The highest BCUT2D eigenvalue weighted by Crippen LogP contribution is 2.38. The van der Waals surface area contributed by atoms with Crippen molar-refractivity contribution >= 4 is 0 Å². The summed E-state index contributed by atoms with van der Waals surface area (Å²) in [7, 11) is 0. The van der Waals surface area contributed by atoms with Gasteiger partial charge < -0.3 is 10.1 Å². The van der Waals surface area contributed by atoms with Crippen LogP contribution in [0.15, 0.2) is 18.5 Å². The number of nitrogens with one attached hydrogen (secondary N) is 1. The second-order valence-corrected chi connectivity index (χ2v) is 5.10. The topological polar surface area (TPSA) is 34.2 Å². The lowest BCUT2D eigenvalue weighted by Crippen LogP contribution is -2.36. The molecule has 0 spiro atoms. The number of aromatic nitrogens is 1. The van der Waals surface area contributed by atoms with Gasteiger partial charge in [0.15, 0.2) is 0 Å². The summed E-state index contributed by atoms with van der Waals surface area (Å²) in [6, 6.07) is 0.544. The van der Waals surface area contributed by atoms with Crippen LogP contribution in [0, 0.1) is 5.92 Å². The summed E-state index contributed by atoms with van der Waals surface area (Å²) in [6.45, 7) is 5.04. The second kappa shape index (κ2) is 6.10. The Bertz CT molecular complexity index is 450. The van der Waals surface area contributed by atoms with Gasteiger partial charge in [-0.1, -0.05) is 13.8 Å². The molecular formula is C14H19F3N2O. The van der Waals surface area contributed by atoms with Crippen molar-refractivity contribution < 1.29 is 17.9 Å². The molecule has 2 rings (SSSR count). The van der Waals surface area contributed by atoms with Crippen molar-refractivity contribution in [2.24, 2.45) is 5.92 Å². The molecule has 0 amide bonds. The van der Waals surface area contributed by atoms with Crippen LogP contribution in [-0.2, 0) is 10.9 Å². The lowest BCUT2D eigenvalue weighted by Gasteiger charge is -2.29. The Balaban J connectivity index is 2.39. The Hall–Kier alpha value is -1.14.